The molecule has 0 fully saturated rings. The van der Waals surface area contributed by atoms with Crippen molar-refractivity contribution in [3.8, 4) is 0 Å². The van der Waals surface area contributed by atoms with E-state index >= 15 is 0 Å². The number of benzene rings is 2. The minimum absolute atomic E-state index is 0.0183. The van der Waals surface area contributed by atoms with Crippen molar-refractivity contribution in [3.05, 3.63) is 65.2 Å². The van der Waals surface area contributed by atoms with Crippen LogP contribution >= 0.6 is 0 Å². The molecule has 0 saturated heterocycles. The van der Waals surface area contributed by atoms with Gasteiger partial charge in [0.15, 0.2) is 0 Å². The number of aryl methyl sites for hydroxylation is 1. The topological polar surface area (TPSA) is 61.8 Å². The van der Waals surface area contributed by atoms with Crippen molar-refractivity contribution in [2.45, 2.75) is 38.4 Å². The van der Waals surface area contributed by atoms with Crippen LogP contribution < -0.4 is 0 Å². The lowest BCUT2D eigenvalue weighted by molar-refractivity contribution is 0.0904. The van der Waals surface area contributed by atoms with Gasteiger partial charge in [0.25, 0.3) is 10.1 Å². The number of hydrogen-bond acceptors (Lipinski definition) is 5. The van der Waals surface area contributed by atoms with Gasteiger partial charge in [0.2, 0.25) is 0 Å². The van der Waals surface area contributed by atoms with Gasteiger partial charge in [0.05, 0.1) is 31.3 Å². The molecule has 142 valence electrons. The van der Waals surface area contributed by atoms with Gasteiger partial charge in [-0.1, -0.05) is 48.9 Å². The van der Waals surface area contributed by atoms with Gasteiger partial charge in [0.1, 0.15) is 0 Å². The van der Waals surface area contributed by atoms with Gasteiger partial charge in [-0.15, -0.1) is 0 Å². The van der Waals surface area contributed by atoms with Crippen molar-refractivity contribution in [2.24, 2.45) is 0 Å². The summed E-state index contributed by atoms with van der Waals surface area (Å²) < 4.78 is 40.2. The molecule has 2 aromatic carbocycles. The van der Waals surface area contributed by atoms with Crippen LogP contribution in [0.25, 0.3) is 0 Å². The van der Waals surface area contributed by atoms with Crippen LogP contribution in [-0.4, -0.2) is 28.2 Å². The average molecular weight is 378 g/mol. The van der Waals surface area contributed by atoms with Crippen molar-refractivity contribution in [3.63, 3.8) is 0 Å². The maximum Gasteiger partial charge on any atom is 0.297 e. The number of hydrogen-bond donors (Lipinski definition) is 0. The molecule has 0 spiro atoms. The highest BCUT2D eigenvalue weighted by Crippen LogP contribution is 2.13. The molecule has 0 unspecified atom stereocenters. The second-order valence-corrected chi connectivity index (χ2v) is 7.63. The highest BCUT2D eigenvalue weighted by atomic mass is 32.2. The molecule has 2 aromatic rings. The first-order valence-electron chi connectivity index (χ1n) is 8.70. The van der Waals surface area contributed by atoms with E-state index in [4.69, 9.17) is 13.7 Å². The molecule has 0 aliphatic rings. The largest absolute Gasteiger partial charge is 0.377 e. The molecule has 0 aliphatic heterocycles. The molecule has 0 heterocycles. The fraction of sp³-hybridized carbons (Fsp3) is 0.400. The Labute approximate surface area is 156 Å². The molecule has 0 radical (unpaired) electrons. The first kappa shape index (κ1) is 20.6. The summed E-state index contributed by atoms with van der Waals surface area (Å²) in [6, 6.07) is 14.5. The van der Waals surface area contributed by atoms with Crippen LogP contribution in [0.2, 0.25) is 0 Å². The third-order valence-electron chi connectivity index (χ3n) is 3.65. The summed E-state index contributed by atoms with van der Waals surface area (Å²) in [4.78, 5) is 0.155. The summed E-state index contributed by atoms with van der Waals surface area (Å²) in [5.74, 6) is 0. The van der Waals surface area contributed by atoms with Crippen LogP contribution in [-0.2, 0) is 37.0 Å². The highest BCUT2D eigenvalue weighted by molar-refractivity contribution is 7.86. The summed E-state index contributed by atoms with van der Waals surface area (Å²) in [6.45, 7) is 5.88. The molecule has 0 saturated carbocycles. The smallest absolute Gasteiger partial charge is 0.297 e. The fourth-order valence-electron chi connectivity index (χ4n) is 2.31. The van der Waals surface area contributed by atoms with E-state index in [2.05, 4.69) is 6.92 Å². The van der Waals surface area contributed by atoms with Gasteiger partial charge in [-0.25, -0.2) is 0 Å². The number of rotatable bonds is 11. The Kier molecular flexibility index (Phi) is 8.25. The lowest BCUT2D eigenvalue weighted by Gasteiger charge is -2.08. The summed E-state index contributed by atoms with van der Waals surface area (Å²) in [6.07, 6.45) is 0.994. The third-order valence-corrected chi connectivity index (χ3v) is 4.98. The van der Waals surface area contributed by atoms with E-state index in [1.165, 1.54) is 12.1 Å². The zero-order valence-corrected chi connectivity index (χ0v) is 16.1. The average Bonchev–Trinajstić information content (AvgIpc) is 2.62. The molecule has 2 rings (SSSR count). The van der Waals surface area contributed by atoms with Crippen LogP contribution in [0, 0.1) is 6.92 Å². The van der Waals surface area contributed by atoms with Crippen molar-refractivity contribution < 1.29 is 22.1 Å². The first-order chi connectivity index (χ1) is 12.5. The summed E-state index contributed by atoms with van der Waals surface area (Å²) in [7, 11) is -3.74. The summed E-state index contributed by atoms with van der Waals surface area (Å²) in [5.41, 5.74) is 3.11. The van der Waals surface area contributed by atoms with Crippen LogP contribution in [0.1, 0.15) is 30.0 Å². The van der Waals surface area contributed by atoms with Crippen molar-refractivity contribution >= 4 is 10.1 Å². The van der Waals surface area contributed by atoms with Gasteiger partial charge in [-0.2, -0.15) is 8.42 Å². The molecule has 0 bridgehead atoms. The normalized spacial score (nSPS) is 11.6. The lowest BCUT2D eigenvalue weighted by Crippen LogP contribution is -2.11. The van der Waals surface area contributed by atoms with Gasteiger partial charge >= 0.3 is 0 Å². The van der Waals surface area contributed by atoms with Gasteiger partial charge in [0, 0.05) is 6.61 Å². The van der Waals surface area contributed by atoms with Crippen LogP contribution in [0.5, 0.6) is 0 Å². The molecule has 0 atom stereocenters. The van der Waals surface area contributed by atoms with E-state index in [-0.39, 0.29) is 18.1 Å². The Bertz CT molecular complexity index is 769. The second kappa shape index (κ2) is 10.4. The van der Waals surface area contributed by atoms with Gasteiger partial charge in [-0.3, -0.25) is 4.18 Å². The highest BCUT2D eigenvalue weighted by Gasteiger charge is 2.14. The van der Waals surface area contributed by atoms with Crippen LogP contribution in [0.15, 0.2) is 53.4 Å². The van der Waals surface area contributed by atoms with Crippen molar-refractivity contribution in [1.29, 1.82) is 0 Å². The minimum Gasteiger partial charge on any atom is -0.377 e. The van der Waals surface area contributed by atoms with E-state index < -0.39 is 10.1 Å². The zero-order chi connectivity index (χ0) is 18.8. The van der Waals surface area contributed by atoms with E-state index in [1.54, 1.807) is 12.1 Å². The maximum absolute atomic E-state index is 12.1. The zero-order valence-electron chi connectivity index (χ0n) is 15.3. The van der Waals surface area contributed by atoms with E-state index in [0.717, 1.165) is 29.7 Å². The van der Waals surface area contributed by atoms with E-state index in [1.807, 2.05) is 31.2 Å². The fourth-order valence-corrected chi connectivity index (χ4v) is 3.20. The predicted octanol–water partition coefficient (Wildman–Crippen LogP) is 3.84. The lowest BCUT2D eigenvalue weighted by atomic mass is 10.1. The predicted molar refractivity (Wildman–Crippen MR) is 100 cm³/mol. The molecule has 0 aromatic heterocycles. The molecule has 26 heavy (non-hydrogen) atoms. The second-order valence-electron chi connectivity index (χ2n) is 6.01. The van der Waals surface area contributed by atoms with E-state index in [9.17, 15) is 8.42 Å². The standard InChI is InChI=1S/C20H26O5S/c1-3-11-23-15-18-5-4-6-19(14-18)16-24-12-13-25-26(21,22)20-9-7-17(2)8-10-20/h4-10,14H,3,11-13,15-16H2,1-2H3. The number of ether oxygens (including phenoxy) is 2. The Balaban J connectivity index is 1.73. The van der Waals surface area contributed by atoms with Crippen molar-refractivity contribution in [1.82, 2.24) is 0 Å². The molecule has 0 amide bonds. The van der Waals surface area contributed by atoms with Crippen LogP contribution in [0.4, 0.5) is 0 Å². The minimum atomic E-state index is -3.74. The molecule has 5 nitrogen and oxygen atoms in total. The molecule has 0 N–H and O–H groups in total. The monoisotopic (exact) mass is 378 g/mol. The van der Waals surface area contributed by atoms with Crippen LogP contribution in [0.3, 0.4) is 0 Å². The molecular formula is C20H26O5S. The van der Waals surface area contributed by atoms with Crippen molar-refractivity contribution in [2.75, 3.05) is 19.8 Å². The molecular weight excluding hydrogens is 352 g/mol. The SMILES string of the molecule is CCCOCc1cccc(COCCOS(=O)(=O)c2ccc(C)cc2)c1. The molecule has 6 heteroatoms. The Morgan fingerprint density at radius 3 is 2.08 bits per heavy atom. The maximum atomic E-state index is 12.1. The van der Waals surface area contributed by atoms with Gasteiger partial charge in [-0.05, 0) is 36.6 Å². The quantitative estimate of drug-likeness (QED) is 0.439. The summed E-state index contributed by atoms with van der Waals surface area (Å²) in [5, 5.41) is 0. The summed E-state index contributed by atoms with van der Waals surface area (Å²) >= 11 is 0. The van der Waals surface area contributed by atoms with E-state index in [0.29, 0.717) is 13.2 Å². The Hall–Kier alpha value is -1.73. The van der Waals surface area contributed by atoms with Gasteiger partial charge < -0.3 is 9.47 Å². The Morgan fingerprint density at radius 2 is 1.46 bits per heavy atom. The molecule has 0 aliphatic carbocycles. The first-order valence-corrected chi connectivity index (χ1v) is 10.1. The third kappa shape index (κ3) is 6.88. The Morgan fingerprint density at radius 1 is 0.846 bits per heavy atom.